The zero-order valence-electron chi connectivity index (χ0n) is 7.51. The summed E-state index contributed by atoms with van der Waals surface area (Å²) in [5.41, 5.74) is 0.650. The van der Waals surface area contributed by atoms with Crippen LogP contribution in [0.3, 0.4) is 0 Å². The molecule has 0 radical (unpaired) electrons. The molecule has 2 rings (SSSR count). The second-order valence-electron chi connectivity index (χ2n) is 3.33. The van der Waals surface area contributed by atoms with Crippen molar-refractivity contribution in [1.29, 1.82) is 0 Å². The van der Waals surface area contributed by atoms with Crippen LogP contribution in [0.2, 0.25) is 0 Å². The third-order valence-corrected chi connectivity index (χ3v) is 2.87. The first-order chi connectivity index (χ1) is 6.97. The Hall–Kier alpha value is -0.780. The molecule has 0 saturated heterocycles. The zero-order chi connectivity index (χ0) is 11.1. The smallest absolute Gasteiger partial charge is 0.404 e. The van der Waals surface area contributed by atoms with Crippen LogP contribution in [0.4, 0.5) is 13.2 Å². The van der Waals surface area contributed by atoms with Crippen molar-refractivity contribution in [1.82, 2.24) is 4.98 Å². The van der Waals surface area contributed by atoms with E-state index in [0.29, 0.717) is 10.2 Å². The second-order valence-corrected chi connectivity index (χ2v) is 4.12. The van der Waals surface area contributed by atoms with Crippen molar-refractivity contribution in [2.45, 2.75) is 25.1 Å². The fourth-order valence-electron chi connectivity index (χ4n) is 1.29. The molecule has 1 fully saturated rings. The molecule has 0 aliphatic heterocycles. The number of aromatic nitrogens is 1. The molecule has 0 atom stereocenters. The summed E-state index contributed by atoms with van der Waals surface area (Å²) < 4.78 is 40.2. The van der Waals surface area contributed by atoms with Gasteiger partial charge in [0.2, 0.25) is 0 Å². The van der Waals surface area contributed by atoms with Crippen molar-refractivity contribution >= 4 is 15.9 Å². The van der Waals surface area contributed by atoms with Gasteiger partial charge in [-0.05, 0) is 28.8 Å². The fraction of sp³-hybridized carbons (Fsp3) is 0.444. The molecule has 0 unspecified atom stereocenters. The predicted molar refractivity (Wildman–Crippen MR) is 50.6 cm³/mol. The van der Waals surface area contributed by atoms with Gasteiger partial charge in [0.1, 0.15) is 5.75 Å². The lowest BCUT2D eigenvalue weighted by atomic mass is 10.2. The summed E-state index contributed by atoms with van der Waals surface area (Å²) in [5.74, 6) is 0.0514. The molecule has 82 valence electrons. The monoisotopic (exact) mass is 281 g/mol. The van der Waals surface area contributed by atoms with Crippen LogP contribution >= 0.6 is 15.9 Å². The van der Waals surface area contributed by atoms with Gasteiger partial charge in [-0.3, -0.25) is 4.98 Å². The van der Waals surface area contributed by atoms with Crippen molar-refractivity contribution in [2.75, 3.05) is 0 Å². The lowest BCUT2D eigenvalue weighted by molar-refractivity contribution is -0.274. The van der Waals surface area contributed by atoms with Gasteiger partial charge >= 0.3 is 6.36 Å². The highest BCUT2D eigenvalue weighted by Gasteiger charge is 2.34. The van der Waals surface area contributed by atoms with E-state index in [4.69, 9.17) is 0 Å². The highest BCUT2D eigenvalue weighted by Crippen LogP contribution is 2.45. The molecule has 0 N–H and O–H groups in total. The molecule has 2 nitrogen and oxygen atoms in total. The lowest BCUT2D eigenvalue weighted by Crippen LogP contribution is -2.17. The summed E-state index contributed by atoms with van der Waals surface area (Å²) in [6, 6.07) is 1.20. The van der Waals surface area contributed by atoms with Crippen LogP contribution in [0.5, 0.6) is 5.75 Å². The highest BCUT2D eigenvalue weighted by atomic mass is 79.9. The molecule has 1 heterocycles. The average molecular weight is 282 g/mol. The van der Waals surface area contributed by atoms with E-state index in [1.54, 1.807) is 0 Å². The van der Waals surface area contributed by atoms with Crippen LogP contribution in [0.1, 0.15) is 24.5 Å². The number of ether oxygens (including phenoxy) is 1. The van der Waals surface area contributed by atoms with Gasteiger partial charge in [-0.25, -0.2) is 0 Å². The predicted octanol–water partition coefficient (Wildman–Crippen LogP) is 3.62. The van der Waals surface area contributed by atoms with Gasteiger partial charge in [0, 0.05) is 18.2 Å². The molecule has 0 spiro atoms. The number of hydrogen-bond donors (Lipinski definition) is 0. The molecule has 0 aromatic carbocycles. The normalized spacial score (nSPS) is 16.5. The first-order valence-electron chi connectivity index (χ1n) is 4.37. The van der Waals surface area contributed by atoms with E-state index in [-0.39, 0.29) is 11.7 Å². The summed E-state index contributed by atoms with van der Waals surface area (Å²) in [7, 11) is 0. The van der Waals surface area contributed by atoms with Crippen molar-refractivity contribution in [3.8, 4) is 5.75 Å². The minimum Gasteiger partial charge on any atom is -0.404 e. The minimum atomic E-state index is -4.66. The van der Waals surface area contributed by atoms with Gasteiger partial charge in [-0.15, -0.1) is 13.2 Å². The number of hydrogen-bond acceptors (Lipinski definition) is 2. The minimum absolute atomic E-state index is 0.223. The quantitative estimate of drug-likeness (QED) is 0.826. The molecule has 15 heavy (non-hydrogen) atoms. The Labute approximate surface area is 92.6 Å². The van der Waals surface area contributed by atoms with Crippen LogP contribution in [0, 0.1) is 0 Å². The number of halogens is 4. The molecule has 1 aromatic heterocycles. The third-order valence-electron chi connectivity index (χ3n) is 2.07. The van der Waals surface area contributed by atoms with Gasteiger partial charge in [0.25, 0.3) is 0 Å². The summed E-state index contributed by atoms with van der Waals surface area (Å²) in [6.45, 7) is 0. The Morgan fingerprint density at radius 1 is 1.40 bits per heavy atom. The highest BCUT2D eigenvalue weighted by molar-refractivity contribution is 9.10. The summed E-state index contributed by atoms with van der Waals surface area (Å²) >= 11 is 3.09. The molecule has 1 aromatic rings. The van der Waals surface area contributed by atoms with Crippen molar-refractivity contribution in [3.63, 3.8) is 0 Å². The first-order valence-corrected chi connectivity index (χ1v) is 5.17. The van der Waals surface area contributed by atoms with E-state index in [1.807, 2.05) is 0 Å². The molecule has 1 aliphatic rings. The molecule has 0 amide bonds. The van der Waals surface area contributed by atoms with Gasteiger partial charge in [-0.2, -0.15) is 0 Å². The zero-order valence-corrected chi connectivity index (χ0v) is 9.10. The van der Waals surface area contributed by atoms with Crippen LogP contribution in [0.15, 0.2) is 16.7 Å². The van der Waals surface area contributed by atoms with Gasteiger partial charge in [0.15, 0.2) is 0 Å². The summed E-state index contributed by atoms with van der Waals surface area (Å²) in [5, 5.41) is 0. The molecule has 1 saturated carbocycles. The van der Waals surface area contributed by atoms with E-state index in [0.717, 1.165) is 12.8 Å². The number of rotatable bonds is 2. The Morgan fingerprint density at radius 2 is 2.07 bits per heavy atom. The maximum absolute atomic E-state index is 12.0. The maximum atomic E-state index is 12.0. The Morgan fingerprint density at radius 3 is 2.60 bits per heavy atom. The molecule has 0 bridgehead atoms. The van der Waals surface area contributed by atoms with Crippen molar-refractivity contribution in [2.24, 2.45) is 0 Å². The van der Waals surface area contributed by atoms with Gasteiger partial charge < -0.3 is 4.74 Å². The van der Waals surface area contributed by atoms with Crippen LogP contribution in [-0.2, 0) is 0 Å². The second kappa shape index (κ2) is 3.66. The number of nitrogens with zero attached hydrogens (tertiary/aromatic N) is 1. The van der Waals surface area contributed by atoms with Crippen molar-refractivity contribution in [3.05, 3.63) is 22.4 Å². The molecule has 6 heteroatoms. The third kappa shape index (κ3) is 2.62. The maximum Gasteiger partial charge on any atom is 0.573 e. The lowest BCUT2D eigenvalue weighted by Gasteiger charge is -2.11. The van der Waals surface area contributed by atoms with Crippen LogP contribution in [-0.4, -0.2) is 11.3 Å². The standard InChI is InChI=1S/C9H7BrF3NO/c10-7-6(15-9(11,12)13)3-4-14-8(7)5-1-2-5/h3-5H,1-2H2. The molecular formula is C9H7BrF3NO. The molecule has 1 aliphatic carbocycles. The van der Waals surface area contributed by atoms with Crippen LogP contribution < -0.4 is 4.74 Å². The van der Waals surface area contributed by atoms with E-state index in [1.165, 1.54) is 12.3 Å². The van der Waals surface area contributed by atoms with E-state index >= 15 is 0 Å². The average Bonchev–Trinajstić information content (AvgIpc) is 2.89. The fourth-order valence-corrected chi connectivity index (χ4v) is 1.93. The summed E-state index contributed by atoms with van der Waals surface area (Å²) in [4.78, 5) is 4.04. The molecular weight excluding hydrogens is 275 g/mol. The topological polar surface area (TPSA) is 22.1 Å². The summed E-state index contributed by atoms with van der Waals surface area (Å²) in [6.07, 6.45) is -1.38. The number of pyridine rings is 1. The first kappa shape index (κ1) is 10.7. The van der Waals surface area contributed by atoms with Gasteiger partial charge in [0.05, 0.1) is 10.2 Å². The SMILES string of the molecule is FC(F)(F)Oc1ccnc(C2CC2)c1Br. The largest absolute Gasteiger partial charge is 0.573 e. The van der Waals surface area contributed by atoms with E-state index in [2.05, 4.69) is 25.7 Å². The Balaban J connectivity index is 2.27. The van der Waals surface area contributed by atoms with E-state index in [9.17, 15) is 13.2 Å². The van der Waals surface area contributed by atoms with Gasteiger partial charge in [-0.1, -0.05) is 0 Å². The van der Waals surface area contributed by atoms with Crippen LogP contribution in [0.25, 0.3) is 0 Å². The number of alkyl halides is 3. The Bertz CT molecular complexity index is 376. The Kier molecular flexibility index (Phi) is 2.62. The van der Waals surface area contributed by atoms with Crippen molar-refractivity contribution < 1.29 is 17.9 Å². The van der Waals surface area contributed by atoms with E-state index < -0.39 is 6.36 Å².